The van der Waals surface area contributed by atoms with Gasteiger partial charge >= 0.3 is 0 Å². The number of rotatable bonds is 36. The van der Waals surface area contributed by atoms with E-state index in [-0.39, 0.29) is 25.0 Å². The smallest absolute Gasteiger partial charge is 0.190 e. The number of unbranched alkanes of at least 4 members (excludes halogenated alkanes) is 24. The Morgan fingerprint density at radius 2 is 0.868 bits per heavy atom. The lowest BCUT2D eigenvalue weighted by atomic mass is 9.77. The van der Waals surface area contributed by atoms with E-state index in [0.717, 1.165) is 51.4 Å². The molecule has 0 amide bonds. The fraction of sp³-hybridized carbons (Fsp3) is 0.795. The standard InChI is InChI=1S/C44H77NO8/c1-3-5-7-9-11-13-15-17-19-21-23-25-27-29-38(47)42(51)44(53,41(50)36(45)33-35-31-32-37(46)40(49)34-35)43(52)39(48)30-28-26-24-22-20-18-16-14-12-10-8-6-4-2/h31-32,34,36,42-43,46,49,51-53H,3-30,33,45H2,1-2H3/t36-,42?,43?,44?/m0/s1. The lowest BCUT2D eigenvalue weighted by Gasteiger charge is -2.36. The Bertz CT molecular complexity index is 1080. The van der Waals surface area contributed by atoms with Crippen molar-refractivity contribution >= 4 is 17.3 Å². The number of benzene rings is 1. The van der Waals surface area contributed by atoms with Gasteiger partial charge in [0.25, 0.3) is 0 Å². The van der Waals surface area contributed by atoms with E-state index in [9.17, 15) is 39.9 Å². The maximum Gasteiger partial charge on any atom is 0.190 e. The van der Waals surface area contributed by atoms with E-state index in [2.05, 4.69) is 13.8 Å². The normalized spacial score (nSPS) is 14.5. The van der Waals surface area contributed by atoms with Gasteiger partial charge in [-0.15, -0.1) is 0 Å². The summed E-state index contributed by atoms with van der Waals surface area (Å²) in [6.07, 6.45) is 23.8. The highest BCUT2D eigenvalue weighted by molar-refractivity contribution is 6.03. The summed E-state index contributed by atoms with van der Waals surface area (Å²) in [5.41, 5.74) is 3.36. The van der Waals surface area contributed by atoms with Gasteiger partial charge in [-0.25, -0.2) is 0 Å². The number of carbonyl (C=O) groups excluding carboxylic acids is 3. The first-order valence-corrected chi connectivity index (χ1v) is 21.4. The van der Waals surface area contributed by atoms with Crippen LogP contribution in [0.5, 0.6) is 11.5 Å². The van der Waals surface area contributed by atoms with Crippen molar-refractivity contribution in [2.24, 2.45) is 5.73 Å². The van der Waals surface area contributed by atoms with Gasteiger partial charge in [0, 0.05) is 12.8 Å². The fourth-order valence-corrected chi connectivity index (χ4v) is 7.16. The predicted molar refractivity (Wildman–Crippen MR) is 214 cm³/mol. The molecule has 0 aliphatic heterocycles. The molecule has 0 saturated carbocycles. The van der Waals surface area contributed by atoms with Crippen molar-refractivity contribution in [3.63, 3.8) is 0 Å². The topological polar surface area (TPSA) is 178 Å². The van der Waals surface area contributed by atoms with E-state index in [1.807, 2.05) is 0 Å². The number of hydrogen-bond donors (Lipinski definition) is 6. The van der Waals surface area contributed by atoms with Crippen LogP contribution in [0.4, 0.5) is 0 Å². The van der Waals surface area contributed by atoms with Crippen LogP contribution < -0.4 is 5.73 Å². The number of aliphatic hydroxyl groups is 3. The molecule has 0 aliphatic rings. The Morgan fingerprint density at radius 1 is 0.547 bits per heavy atom. The van der Waals surface area contributed by atoms with Crippen LogP contribution >= 0.6 is 0 Å². The van der Waals surface area contributed by atoms with E-state index in [1.165, 1.54) is 121 Å². The second-order valence-corrected chi connectivity index (χ2v) is 15.5. The maximum atomic E-state index is 13.7. The number of phenols is 2. The summed E-state index contributed by atoms with van der Waals surface area (Å²) in [6.45, 7) is 4.45. The molecule has 0 spiro atoms. The average Bonchev–Trinajstić information content (AvgIpc) is 3.15. The lowest BCUT2D eigenvalue weighted by molar-refractivity contribution is -0.182. The van der Waals surface area contributed by atoms with Crippen LogP contribution in [0.3, 0.4) is 0 Å². The van der Waals surface area contributed by atoms with E-state index in [1.54, 1.807) is 0 Å². The summed E-state index contributed by atoms with van der Waals surface area (Å²) in [4.78, 5) is 40.0. The minimum atomic E-state index is -3.13. The quantitative estimate of drug-likeness (QED) is 0.0289. The fourth-order valence-electron chi connectivity index (χ4n) is 7.16. The summed E-state index contributed by atoms with van der Waals surface area (Å²) < 4.78 is 0. The van der Waals surface area contributed by atoms with Gasteiger partial charge in [0.1, 0.15) is 0 Å². The average molecular weight is 748 g/mol. The van der Waals surface area contributed by atoms with E-state index in [0.29, 0.717) is 18.4 Å². The molecule has 0 aliphatic carbocycles. The monoisotopic (exact) mass is 748 g/mol. The van der Waals surface area contributed by atoms with Gasteiger partial charge in [-0.05, 0) is 37.0 Å². The number of ketones is 3. The number of aliphatic hydroxyl groups excluding tert-OH is 2. The highest BCUT2D eigenvalue weighted by atomic mass is 16.4. The van der Waals surface area contributed by atoms with Crippen molar-refractivity contribution in [1.82, 2.24) is 0 Å². The summed E-state index contributed by atoms with van der Waals surface area (Å²) in [6, 6.07) is 2.32. The first kappa shape index (κ1) is 48.7. The van der Waals surface area contributed by atoms with Gasteiger partial charge in [0.15, 0.2) is 46.7 Å². The lowest BCUT2D eigenvalue weighted by Crippen LogP contribution is -2.66. The molecule has 0 saturated heterocycles. The van der Waals surface area contributed by atoms with E-state index in [4.69, 9.17) is 5.73 Å². The Balaban J connectivity index is 2.67. The summed E-state index contributed by atoms with van der Waals surface area (Å²) in [7, 11) is 0. The zero-order chi connectivity index (χ0) is 39.3. The minimum absolute atomic E-state index is 0.116. The molecule has 9 nitrogen and oxygen atoms in total. The van der Waals surface area contributed by atoms with Crippen LogP contribution in [0.2, 0.25) is 0 Å². The Hall–Kier alpha value is -2.33. The van der Waals surface area contributed by atoms with E-state index < -0.39 is 47.0 Å². The predicted octanol–water partition coefficient (Wildman–Crippen LogP) is 9.09. The van der Waals surface area contributed by atoms with Gasteiger partial charge in [-0.2, -0.15) is 0 Å². The molecule has 9 heteroatoms. The number of aromatic hydroxyl groups is 2. The number of phenolic OH excluding ortho intramolecular Hbond substituents is 2. The van der Waals surface area contributed by atoms with Crippen LogP contribution in [-0.2, 0) is 20.8 Å². The molecule has 1 aromatic carbocycles. The maximum absolute atomic E-state index is 13.7. The molecule has 0 aromatic heterocycles. The molecule has 53 heavy (non-hydrogen) atoms. The first-order valence-electron chi connectivity index (χ1n) is 21.4. The van der Waals surface area contributed by atoms with Crippen LogP contribution in [0.1, 0.15) is 199 Å². The van der Waals surface area contributed by atoms with Crippen molar-refractivity contribution in [1.29, 1.82) is 0 Å². The minimum Gasteiger partial charge on any atom is -0.504 e. The molecule has 0 radical (unpaired) electrons. The third kappa shape index (κ3) is 20.2. The molecule has 0 fully saturated rings. The van der Waals surface area contributed by atoms with Crippen molar-refractivity contribution in [3.05, 3.63) is 23.8 Å². The van der Waals surface area contributed by atoms with Gasteiger partial charge in [0.2, 0.25) is 0 Å². The Labute approximate surface area is 321 Å². The molecule has 7 N–H and O–H groups in total. The molecular weight excluding hydrogens is 670 g/mol. The van der Waals surface area contributed by atoms with Gasteiger partial charge in [-0.3, -0.25) is 14.4 Å². The number of hydrogen-bond acceptors (Lipinski definition) is 9. The van der Waals surface area contributed by atoms with Crippen molar-refractivity contribution in [2.75, 3.05) is 0 Å². The molecule has 0 heterocycles. The van der Waals surface area contributed by atoms with Crippen molar-refractivity contribution in [3.8, 4) is 11.5 Å². The summed E-state index contributed by atoms with van der Waals surface area (Å²) >= 11 is 0. The Morgan fingerprint density at radius 3 is 1.19 bits per heavy atom. The summed E-state index contributed by atoms with van der Waals surface area (Å²) in [5, 5.41) is 53.4. The number of Topliss-reactive ketones (excluding diaryl/α,β-unsaturated/α-hetero) is 3. The number of carbonyl (C=O) groups is 3. The van der Waals surface area contributed by atoms with Crippen LogP contribution in [0.25, 0.3) is 0 Å². The Kier molecular flexibility index (Phi) is 27.5. The third-order valence-corrected chi connectivity index (χ3v) is 10.7. The highest BCUT2D eigenvalue weighted by Crippen LogP contribution is 2.28. The zero-order valence-electron chi connectivity index (χ0n) is 33.5. The van der Waals surface area contributed by atoms with Gasteiger partial charge in [0.05, 0.1) is 6.04 Å². The molecule has 0 bridgehead atoms. The van der Waals surface area contributed by atoms with Crippen molar-refractivity contribution in [2.45, 2.75) is 224 Å². The second kappa shape index (κ2) is 30.0. The second-order valence-electron chi connectivity index (χ2n) is 15.5. The van der Waals surface area contributed by atoms with Crippen LogP contribution in [0, 0.1) is 0 Å². The third-order valence-electron chi connectivity index (χ3n) is 10.7. The van der Waals surface area contributed by atoms with Gasteiger partial charge < -0.3 is 31.3 Å². The largest absolute Gasteiger partial charge is 0.504 e. The molecule has 3 atom stereocenters. The van der Waals surface area contributed by atoms with Crippen LogP contribution in [0.15, 0.2) is 18.2 Å². The van der Waals surface area contributed by atoms with E-state index >= 15 is 0 Å². The zero-order valence-corrected chi connectivity index (χ0v) is 33.5. The SMILES string of the molecule is CCCCCCCCCCCCCCCC(=O)C(O)C(O)(C(=O)[C@@H](N)Cc1ccc(O)c(O)c1)C(O)C(=O)CCCCCCCCCCCCCCC. The first-order chi connectivity index (χ1) is 25.5. The summed E-state index contributed by atoms with van der Waals surface area (Å²) in [5.74, 6) is -3.69. The highest BCUT2D eigenvalue weighted by Gasteiger charge is 2.55. The molecular formula is C44H77NO8. The van der Waals surface area contributed by atoms with Crippen molar-refractivity contribution < 1.29 is 39.9 Å². The van der Waals surface area contributed by atoms with Gasteiger partial charge in [-0.1, -0.05) is 174 Å². The number of nitrogens with two attached hydrogens (primary N) is 1. The molecule has 306 valence electrons. The molecule has 1 aromatic rings. The molecule has 2 unspecified atom stereocenters. The molecule has 1 rings (SSSR count). The van der Waals surface area contributed by atoms with Crippen LogP contribution in [-0.4, -0.2) is 66.7 Å².